The molecular formula is C20H21N3O3. The third-order valence-electron chi connectivity index (χ3n) is 5.29. The van der Waals surface area contributed by atoms with Gasteiger partial charge in [0.25, 0.3) is 0 Å². The monoisotopic (exact) mass is 351 g/mol. The molecule has 1 fully saturated rings. The minimum Gasteiger partial charge on any atom is -0.361 e. The molecule has 1 aromatic carbocycles. The Balaban J connectivity index is 1.32. The molecule has 2 atom stereocenters. The summed E-state index contributed by atoms with van der Waals surface area (Å²) in [5, 5.41) is 3.96. The van der Waals surface area contributed by atoms with E-state index in [-0.39, 0.29) is 36.1 Å². The largest absolute Gasteiger partial charge is 0.361 e. The minimum absolute atomic E-state index is 0.182. The summed E-state index contributed by atoms with van der Waals surface area (Å²) in [4.78, 5) is 41.3. The quantitative estimate of drug-likeness (QED) is 0.636. The van der Waals surface area contributed by atoms with Crippen LogP contribution in [-0.2, 0) is 20.8 Å². The number of nitrogens with one attached hydrogen (secondary N) is 2. The second-order valence-corrected chi connectivity index (χ2v) is 6.88. The van der Waals surface area contributed by atoms with Crippen LogP contribution in [0.15, 0.2) is 42.6 Å². The topological polar surface area (TPSA) is 82.3 Å². The number of imide groups is 1. The molecule has 1 aliphatic carbocycles. The molecule has 2 N–H and O–H groups in total. The molecule has 0 radical (unpaired) electrons. The van der Waals surface area contributed by atoms with Gasteiger partial charge in [-0.1, -0.05) is 30.4 Å². The maximum absolute atomic E-state index is 12.4. The fraction of sp³-hybridized carbons (Fsp3) is 0.350. The van der Waals surface area contributed by atoms with Gasteiger partial charge in [0, 0.05) is 23.6 Å². The van der Waals surface area contributed by atoms with Gasteiger partial charge in [-0.3, -0.25) is 19.3 Å². The van der Waals surface area contributed by atoms with E-state index >= 15 is 0 Å². The van der Waals surface area contributed by atoms with Crippen LogP contribution >= 0.6 is 0 Å². The maximum Gasteiger partial charge on any atom is 0.240 e. The molecule has 0 spiro atoms. The molecule has 1 aliphatic heterocycles. The van der Waals surface area contributed by atoms with Crippen LogP contribution in [-0.4, -0.2) is 40.7 Å². The van der Waals surface area contributed by atoms with E-state index in [1.165, 1.54) is 0 Å². The van der Waals surface area contributed by atoms with Gasteiger partial charge in [-0.2, -0.15) is 0 Å². The Morgan fingerprint density at radius 3 is 2.54 bits per heavy atom. The van der Waals surface area contributed by atoms with Crippen molar-refractivity contribution in [3.63, 3.8) is 0 Å². The van der Waals surface area contributed by atoms with Crippen molar-refractivity contribution < 1.29 is 14.4 Å². The standard InChI is InChI=1S/C20H21N3O3/c24-18(12-23-19(25)15-6-1-2-7-16(15)20(23)26)21-10-9-13-11-22-17-8-4-3-5-14(13)17/h1-5,8,11,15-16,22H,6-7,9-10,12H2,(H,21,24)/t15-,16+. The number of benzene rings is 1. The normalized spacial score (nSPS) is 22.1. The number of nitrogens with zero attached hydrogens (tertiary/aromatic N) is 1. The molecule has 0 saturated carbocycles. The van der Waals surface area contributed by atoms with Gasteiger partial charge in [0.1, 0.15) is 6.54 Å². The first-order valence-electron chi connectivity index (χ1n) is 8.97. The number of amides is 3. The Hall–Kier alpha value is -2.89. The van der Waals surface area contributed by atoms with Gasteiger partial charge in [-0.05, 0) is 30.9 Å². The summed E-state index contributed by atoms with van der Waals surface area (Å²) in [6.07, 6.45) is 7.70. The van der Waals surface area contributed by atoms with Crippen molar-refractivity contribution in [3.8, 4) is 0 Å². The highest BCUT2D eigenvalue weighted by atomic mass is 16.2. The van der Waals surface area contributed by atoms with Crippen LogP contribution in [0.25, 0.3) is 10.9 Å². The zero-order chi connectivity index (χ0) is 18.1. The third kappa shape index (κ3) is 2.92. The number of fused-ring (bicyclic) bond motifs is 2. The Labute approximate surface area is 151 Å². The zero-order valence-corrected chi connectivity index (χ0v) is 14.4. The van der Waals surface area contributed by atoms with Gasteiger partial charge < -0.3 is 10.3 Å². The second kappa shape index (κ2) is 6.78. The lowest BCUT2D eigenvalue weighted by molar-refractivity contribution is -0.143. The average Bonchev–Trinajstić information content (AvgIpc) is 3.17. The van der Waals surface area contributed by atoms with Crippen molar-refractivity contribution in [1.29, 1.82) is 0 Å². The summed E-state index contributed by atoms with van der Waals surface area (Å²) in [6.45, 7) is 0.282. The van der Waals surface area contributed by atoms with Crippen LogP contribution in [0, 0.1) is 11.8 Å². The molecular weight excluding hydrogens is 330 g/mol. The predicted octanol–water partition coefficient (Wildman–Crippen LogP) is 1.78. The zero-order valence-electron chi connectivity index (χ0n) is 14.4. The van der Waals surface area contributed by atoms with Gasteiger partial charge >= 0.3 is 0 Å². The highest BCUT2D eigenvalue weighted by Crippen LogP contribution is 2.34. The number of allylic oxidation sites excluding steroid dienone is 2. The summed E-state index contributed by atoms with van der Waals surface area (Å²) >= 11 is 0. The van der Waals surface area contributed by atoms with Crippen molar-refractivity contribution in [2.24, 2.45) is 11.8 Å². The van der Waals surface area contributed by atoms with Gasteiger partial charge in [-0.25, -0.2) is 0 Å². The van der Waals surface area contributed by atoms with Crippen LogP contribution in [0.2, 0.25) is 0 Å². The number of H-pyrrole nitrogens is 1. The molecule has 4 rings (SSSR count). The van der Waals surface area contributed by atoms with Crippen LogP contribution < -0.4 is 5.32 Å². The lowest BCUT2D eigenvalue weighted by Crippen LogP contribution is -2.41. The van der Waals surface area contributed by atoms with Gasteiger partial charge in [-0.15, -0.1) is 0 Å². The van der Waals surface area contributed by atoms with E-state index in [4.69, 9.17) is 0 Å². The fourth-order valence-electron chi connectivity index (χ4n) is 3.90. The molecule has 1 aromatic heterocycles. The molecule has 0 unspecified atom stereocenters. The Morgan fingerprint density at radius 1 is 1.12 bits per heavy atom. The molecule has 0 bridgehead atoms. The number of aromatic nitrogens is 1. The van der Waals surface area contributed by atoms with Gasteiger partial charge in [0.05, 0.1) is 11.8 Å². The Kier molecular flexibility index (Phi) is 4.32. The summed E-state index contributed by atoms with van der Waals surface area (Å²) in [7, 11) is 0. The molecule has 2 heterocycles. The van der Waals surface area contributed by atoms with Gasteiger partial charge in [0.15, 0.2) is 0 Å². The molecule has 26 heavy (non-hydrogen) atoms. The number of aromatic amines is 1. The van der Waals surface area contributed by atoms with E-state index < -0.39 is 0 Å². The number of hydrogen-bond donors (Lipinski definition) is 2. The van der Waals surface area contributed by atoms with Crippen molar-refractivity contribution in [2.75, 3.05) is 13.1 Å². The molecule has 6 heteroatoms. The first-order chi connectivity index (χ1) is 12.6. The number of carbonyl (C=O) groups excluding carboxylic acids is 3. The van der Waals surface area contributed by atoms with E-state index in [9.17, 15) is 14.4 Å². The van der Waals surface area contributed by atoms with E-state index in [0.717, 1.165) is 21.4 Å². The van der Waals surface area contributed by atoms with E-state index in [0.29, 0.717) is 25.8 Å². The summed E-state index contributed by atoms with van der Waals surface area (Å²) < 4.78 is 0. The molecule has 6 nitrogen and oxygen atoms in total. The van der Waals surface area contributed by atoms with Crippen LogP contribution in [0.1, 0.15) is 18.4 Å². The second-order valence-electron chi connectivity index (χ2n) is 6.88. The fourth-order valence-corrected chi connectivity index (χ4v) is 3.90. The average molecular weight is 351 g/mol. The Bertz CT molecular complexity index is 873. The SMILES string of the molecule is O=C(CN1C(=O)[C@H]2CC=CC[C@H]2C1=O)NCCc1c[nH]c2ccccc12. The maximum atomic E-state index is 12.4. The first-order valence-corrected chi connectivity index (χ1v) is 8.97. The smallest absolute Gasteiger partial charge is 0.240 e. The van der Waals surface area contributed by atoms with Crippen molar-refractivity contribution in [3.05, 3.63) is 48.2 Å². The summed E-state index contributed by atoms with van der Waals surface area (Å²) in [5.41, 5.74) is 2.20. The lowest BCUT2D eigenvalue weighted by atomic mass is 9.85. The number of hydrogen-bond acceptors (Lipinski definition) is 3. The predicted molar refractivity (Wildman–Crippen MR) is 97.1 cm³/mol. The van der Waals surface area contributed by atoms with Crippen molar-refractivity contribution in [2.45, 2.75) is 19.3 Å². The molecule has 2 aromatic rings. The minimum atomic E-state index is -0.293. The molecule has 3 amide bonds. The molecule has 134 valence electrons. The highest BCUT2D eigenvalue weighted by molar-refractivity contribution is 6.07. The van der Waals surface area contributed by atoms with Crippen LogP contribution in [0.3, 0.4) is 0 Å². The van der Waals surface area contributed by atoms with Gasteiger partial charge in [0.2, 0.25) is 17.7 Å². The highest BCUT2D eigenvalue weighted by Gasteiger charge is 2.47. The number of likely N-dealkylation sites (tertiary alicyclic amines) is 1. The number of rotatable bonds is 5. The lowest BCUT2D eigenvalue weighted by Gasteiger charge is -2.14. The van der Waals surface area contributed by atoms with Crippen molar-refractivity contribution >= 4 is 28.6 Å². The van der Waals surface area contributed by atoms with Crippen molar-refractivity contribution in [1.82, 2.24) is 15.2 Å². The molecule has 1 saturated heterocycles. The summed E-state index contributed by atoms with van der Waals surface area (Å²) in [5.74, 6) is -1.29. The Morgan fingerprint density at radius 2 is 1.81 bits per heavy atom. The third-order valence-corrected chi connectivity index (χ3v) is 5.29. The number of carbonyl (C=O) groups is 3. The van der Waals surface area contributed by atoms with E-state index in [1.807, 2.05) is 42.6 Å². The summed E-state index contributed by atoms with van der Waals surface area (Å²) in [6, 6.07) is 8.01. The van der Waals surface area contributed by atoms with Crippen LogP contribution in [0.5, 0.6) is 0 Å². The van der Waals surface area contributed by atoms with E-state index in [1.54, 1.807) is 0 Å². The molecule has 2 aliphatic rings. The van der Waals surface area contributed by atoms with E-state index in [2.05, 4.69) is 10.3 Å². The first kappa shape index (κ1) is 16.6. The number of para-hydroxylation sites is 1. The van der Waals surface area contributed by atoms with Crippen LogP contribution in [0.4, 0.5) is 0 Å².